The Morgan fingerprint density at radius 1 is 1.17 bits per heavy atom. The molecule has 150 valence electrons. The van der Waals surface area contributed by atoms with Crippen molar-refractivity contribution in [2.24, 2.45) is 0 Å². The molecule has 1 aliphatic heterocycles. The van der Waals surface area contributed by atoms with Gasteiger partial charge in [0.25, 0.3) is 0 Å². The maximum Gasteiger partial charge on any atom is 0.242 e. The zero-order valence-electron chi connectivity index (χ0n) is 16.3. The van der Waals surface area contributed by atoms with Crippen molar-refractivity contribution in [3.63, 3.8) is 0 Å². The van der Waals surface area contributed by atoms with Crippen molar-refractivity contribution in [3.8, 4) is 5.69 Å². The number of amides is 1. The van der Waals surface area contributed by atoms with Crippen LogP contribution < -0.4 is 5.32 Å². The molecule has 0 bridgehead atoms. The van der Waals surface area contributed by atoms with Gasteiger partial charge in [-0.05, 0) is 38.1 Å². The first-order chi connectivity index (χ1) is 14.0. The summed E-state index contributed by atoms with van der Waals surface area (Å²) < 4.78 is 16.2. The van der Waals surface area contributed by atoms with Gasteiger partial charge in [-0.15, -0.1) is 0 Å². The fourth-order valence-electron chi connectivity index (χ4n) is 3.96. The van der Waals surface area contributed by atoms with Gasteiger partial charge in [0, 0.05) is 41.5 Å². The molecule has 4 rings (SSSR count). The van der Waals surface area contributed by atoms with Crippen LogP contribution in [0.1, 0.15) is 28.6 Å². The molecule has 0 radical (unpaired) electrons. The smallest absolute Gasteiger partial charge is 0.242 e. The van der Waals surface area contributed by atoms with E-state index in [0.29, 0.717) is 23.7 Å². The minimum absolute atomic E-state index is 0.109. The van der Waals surface area contributed by atoms with Gasteiger partial charge in [0.15, 0.2) is 0 Å². The normalized spacial score (nSPS) is 17.4. The van der Waals surface area contributed by atoms with Crippen LogP contribution in [-0.2, 0) is 11.3 Å². The Bertz CT molecular complexity index is 1030. The maximum absolute atomic E-state index is 14.4. The molecule has 0 aliphatic carbocycles. The van der Waals surface area contributed by atoms with Crippen molar-refractivity contribution in [2.45, 2.75) is 26.4 Å². The van der Waals surface area contributed by atoms with Gasteiger partial charge in [-0.1, -0.05) is 35.9 Å². The van der Waals surface area contributed by atoms with Gasteiger partial charge in [-0.25, -0.2) is 9.07 Å². The highest BCUT2D eigenvalue weighted by Crippen LogP contribution is 2.32. The number of aromatic nitrogens is 2. The van der Waals surface area contributed by atoms with E-state index in [9.17, 15) is 9.18 Å². The second-order valence-corrected chi connectivity index (χ2v) is 7.60. The molecule has 1 aromatic heterocycles. The number of rotatable bonds is 4. The lowest BCUT2D eigenvalue weighted by Gasteiger charge is -2.35. The van der Waals surface area contributed by atoms with E-state index in [1.807, 2.05) is 53.8 Å². The number of hydrogen-bond acceptors (Lipinski definition) is 3. The molecule has 2 aromatic carbocycles. The third kappa shape index (κ3) is 3.66. The average molecular weight is 413 g/mol. The lowest BCUT2D eigenvalue weighted by atomic mass is 9.99. The molecule has 5 nitrogen and oxygen atoms in total. The Hall–Kier alpha value is -2.70. The summed E-state index contributed by atoms with van der Waals surface area (Å²) in [4.78, 5) is 14.9. The number of aryl methyl sites for hydroxylation is 1. The third-order valence-electron chi connectivity index (χ3n) is 5.36. The van der Waals surface area contributed by atoms with Crippen LogP contribution in [0.2, 0.25) is 5.02 Å². The Balaban J connectivity index is 1.75. The fourth-order valence-corrected chi connectivity index (χ4v) is 4.18. The van der Waals surface area contributed by atoms with Crippen molar-refractivity contribution >= 4 is 17.5 Å². The van der Waals surface area contributed by atoms with E-state index in [4.69, 9.17) is 11.6 Å². The minimum Gasteiger partial charge on any atom is -0.353 e. The molecular formula is C22H22ClFN4O. The lowest BCUT2D eigenvalue weighted by Crippen LogP contribution is -2.50. The lowest BCUT2D eigenvalue weighted by molar-refractivity contribution is -0.129. The largest absolute Gasteiger partial charge is 0.353 e. The van der Waals surface area contributed by atoms with E-state index in [2.05, 4.69) is 10.4 Å². The fraction of sp³-hybridized carbons (Fsp3) is 0.273. The Kier molecular flexibility index (Phi) is 5.39. The number of hydrogen-bond donors (Lipinski definition) is 1. The predicted molar refractivity (Wildman–Crippen MR) is 111 cm³/mol. The van der Waals surface area contributed by atoms with Gasteiger partial charge in [0.2, 0.25) is 5.91 Å². The van der Waals surface area contributed by atoms with Crippen molar-refractivity contribution in [2.75, 3.05) is 13.1 Å². The molecule has 1 aliphatic rings. The monoisotopic (exact) mass is 412 g/mol. The first kappa shape index (κ1) is 19.6. The van der Waals surface area contributed by atoms with Crippen LogP contribution in [-0.4, -0.2) is 33.7 Å². The minimum atomic E-state index is -0.558. The van der Waals surface area contributed by atoms with Crippen molar-refractivity contribution < 1.29 is 9.18 Å². The summed E-state index contributed by atoms with van der Waals surface area (Å²) in [6.07, 6.45) is 0. The standard InChI is InChI=1S/C22H22ClFN4O/c1-14-20(15(2)28(26-14)16-7-4-3-5-8-16)21-22(29)25-11-12-27(21)13-17-18(23)9-6-10-19(17)24/h3-10,21H,11-13H2,1-2H3,(H,25,29). The highest BCUT2D eigenvalue weighted by atomic mass is 35.5. The van der Waals surface area contributed by atoms with E-state index >= 15 is 0 Å². The number of halogens is 2. The van der Waals surface area contributed by atoms with Gasteiger partial charge in [0.1, 0.15) is 11.9 Å². The number of para-hydroxylation sites is 1. The summed E-state index contributed by atoms with van der Waals surface area (Å²) in [5.41, 5.74) is 3.84. The van der Waals surface area contributed by atoms with Crippen LogP contribution in [0.25, 0.3) is 5.69 Å². The third-order valence-corrected chi connectivity index (χ3v) is 5.71. The molecule has 1 amide bonds. The predicted octanol–water partition coefficient (Wildman–Crippen LogP) is 3.95. The number of nitrogens with one attached hydrogen (secondary N) is 1. The Labute approximate surface area is 174 Å². The van der Waals surface area contributed by atoms with E-state index in [1.54, 1.807) is 12.1 Å². The molecule has 1 fully saturated rings. The average Bonchev–Trinajstić information content (AvgIpc) is 3.00. The number of carbonyl (C=O) groups excluding carboxylic acids is 1. The highest BCUT2D eigenvalue weighted by Gasteiger charge is 2.36. The summed E-state index contributed by atoms with van der Waals surface area (Å²) in [6, 6.07) is 13.9. The second-order valence-electron chi connectivity index (χ2n) is 7.20. The van der Waals surface area contributed by atoms with Crippen LogP contribution >= 0.6 is 11.6 Å². The van der Waals surface area contributed by atoms with Crippen LogP contribution in [0.3, 0.4) is 0 Å². The van der Waals surface area contributed by atoms with Gasteiger partial charge < -0.3 is 5.32 Å². The maximum atomic E-state index is 14.4. The second kappa shape index (κ2) is 7.97. The van der Waals surface area contributed by atoms with Crippen LogP contribution in [0, 0.1) is 19.7 Å². The first-order valence-electron chi connectivity index (χ1n) is 9.53. The highest BCUT2D eigenvalue weighted by molar-refractivity contribution is 6.31. The molecule has 3 aromatic rings. The molecule has 0 spiro atoms. The summed E-state index contributed by atoms with van der Waals surface area (Å²) >= 11 is 6.24. The van der Waals surface area contributed by atoms with Crippen LogP contribution in [0.15, 0.2) is 48.5 Å². The zero-order chi connectivity index (χ0) is 20.5. The quantitative estimate of drug-likeness (QED) is 0.705. The molecule has 1 unspecified atom stereocenters. The number of piperazine rings is 1. The molecule has 1 N–H and O–H groups in total. The number of benzene rings is 2. The number of nitrogens with zero attached hydrogens (tertiary/aromatic N) is 3. The van der Waals surface area contributed by atoms with E-state index in [0.717, 1.165) is 22.6 Å². The molecule has 2 heterocycles. The first-order valence-corrected chi connectivity index (χ1v) is 9.91. The Morgan fingerprint density at radius 3 is 2.66 bits per heavy atom. The van der Waals surface area contributed by atoms with Gasteiger partial charge >= 0.3 is 0 Å². The summed E-state index contributed by atoms with van der Waals surface area (Å²) in [6.45, 7) is 5.21. The molecule has 1 saturated heterocycles. The summed E-state index contributed by atoms with van der Waals surface area (Å²) in [5, 5.41) is 7.98. The van der Waals surface area contributed by atoms with Crippen LogP contribution in [0.4, 0.5) is 4.39 Å². The van der Waals surface area contributed by atoms with Gasteiger partial charge in [0.05, 0.1) is 11.4 Å². The topological polar surface area (TPSA) is 50.2 Å². The molecule has 0 saturated carbocycles. The molecular weight excluding hydrogens is 391 g/mol. The number of carbonyl (C=O) groups is 1. The van der Waals surface area contributed by atoms with Crippen molar-refractivity contribution in [1.82, 2.24) is 20.0 Å². The Morgan fingerprint density at radius 2 is 1.93 bits per heavy atom. The summed E-state index contributed by atoms with van der Waals surface area (Å²) in [7, 11) is 0. The van der Waals surface area contributed by atoms with Crippen LogP contribution in [0.5, 0.6) is 0 Å². The molecule has 1 atom stereocenters. The molecule has 29 heavy (non-hydrogen) atoms. The van der Waals surface area contributed by atoms with E-state index in [-0.39, 0.29) is 18.3 Å². The van der Waals surface area contributed by atoms with Gasteiger partial charge in [-0.3, -0.25) is 9.69 Å². The summed E-state index contributed by atoms with van der Waals surface area (Å²) in [5.74, 6) is -0.474. The van der Waals surface area contributed by atoms with Crippen molar-refractivity contribution in [3.05, 3.63) is 81.9 Å². The SMILES string of the molecule is Cc1nn(-c2ccccc2)c(C)c1C1C(=O)NCCN1Cc1c(F)cccc1Cl. The van der Waals surface area contributed by atoms with Crippen molar-refractivity contribution in [1.29, 1.82) is 0 Å². The zero-order valence-corrected chi connectivity index (χ0v) is 17.1. The molecule has 7 heteroatoms. The van der Waals surface area contributed by atoms with Gasteiger partial charge in [-0.2, -0.15) is 5.10 Å². The van der Waals surface area contributed by atoms with E-state index in [1.165, 1.54) is 6.07 Å². The van der Waals surface area contributed by atoms with E-state index < -0.39 is 6.04 Å².